The highest BCUT2D eigenvalue weighted by Gasteiger charge is 2.27. The van der Waals surface area contributed by atoms with E-state index in [1.807, 2.05) is 49.2 Å². The fourth-order valence-electron chi connectivity index (χ4n) is 2.43. The van der Waals surface area contributed by atoms with Gasteiger partial charge in [-0.3, -0.25) is 9.78 Å². The zero-order valence-corrected chi connectivity index (χ0v) is 11.2. The lowest BCUT2D eigenvalue weighted by Crippen LogP contribution is -2.25. The van der Waals surface area contributed by atoms with Crippen molar-refractivity contribution in [2.24, 2.45) is 0 Å². The van der Waals surface area contributed by atoms with Gasteiger partial charge in [-0.05, 0) is 25.1 Å². The number of nitrogens with zero attached hydrogens (tertiary/aromatic N) is 3. The Labute approximate surface area is 112 Å². The number of amides is 1. The van der Waals surface area contributed by atoms with Crippen molar-refractivity contribution in [3.8, 4) is 0 Å². The molecule has 0 saturated carbocycles. The van der Waals surface area contributed by atoms with Crippen LogP contribution in [0.1, 0.15) is 16.1 Å². The van der Waals surface area contributed by atoms with Crippen LogP contribution in [0.2, 0.25) is 0 Å². The van der Waals surface area contributed by atoms with Crippen LogP contribution in [0.5, 0.6) is 0 Å². The monoisotopic (exact) mass is 253 g/mol. The Kier molecular flexibility index (Phi) is 2.52. The van der Waals surface area contributed by atoms with Crippen LogP contribution in [0.4, 0.5) is 17.1 Å². The number of aromatic nitrogens is 1. The van der Waals surface area contributed by atoms with Crippen LogP contribution < -0.4 is 9.80 Å². The van der Waals surface area contributed by atoms with Crippen LogP contribution in [-0.2, 0) is 0 Å². The predicted molar refractivity (Wildman–Crippen MR) is 76.2 cm³/mol. The minimum absolute atomic E-state index is 0.00754. The van der Waals surface area contributed by atoms with Crippen molar-refractivity contribution < 1.29 is 4.79 Å². The summed E-state index contributed by atoms with van der Waals surface area (Å²) in [6, 6.07) is 9.66. The van der Waals surface area contributed by atoms with Gasteiger partial charge in [0.15, 0.2) is 0 Å². The fraction of sp³-hybridized carbons (Fsp3) is 0.200. The Balaban J connectivity index is 2.31. The molecule has 4 heteroatoms. The lowest BCUT2D eigenvalue weighted by atomic mass is 10.1. The molecule has 1 aromatic carbocycles. The lowest BCUT2D eigenvalue weighted by molar-refractivity contribution is 0.0994. The largest absolute Gasteiger partial charge is 0.342 e. The highest BCUT2D eigenvalue weighted by Crippen LogP contribution is 2.38. The molecule has 0 bridgehead atoms. The van der Waals surface area contributed by atoms with E-state index in [1.165, 1.54) is 0 Å². The Bertz CT molecular complexity index is 666. The van der Waals surface area contributed by atoms with Crippen LogP contribution in [0.3, 0.4) is 0 Å². The van der Waals surface area contributed by atoms with Crippen LogP contribution in [-0.4, -0.2) is 25.0 Å². The summed E-state index contributed by atoms with van der Waals surface area (Å²) in [6.07, 6.45) is 1.75. The van der Waals surface area contributed by atoms with E-state index in [0.717, 1.165) is 22.8 Å². The van der Waals surface area contributed by atoms with Crippen molar-refractivity contribution in [2.45, 2.75) is 6.92 Å². The second kappa shape index (κ2) is 4.09. The number of carbonyl (C=O) groups excluding carboxylic acids is 1. The summed E-state index contributed by atoms with van der Waals surface area (Å²) in [4.78, 5) is 20.5. The number of hydrogen-bond acceptors (Lipinski definition) is 3. The molecule has 1 aromatic heterocycles. The van der Waals surface area contributed by atoms with E-state index < -0.39 is 0 Å². The molecule has 0 aliphatic carbocycles. The fourth-order valence-corrected chi connectivity index (χ4v) is 2.43. The molecule has 0 spiro atoms. The smallest absolute Gasteiger partial charge is 0.260 e. The van der Waals surface area contributed by atoms with E-state index in [1.54, 1.807) is 18.1 Å². The van der Waals surface area contributed by atoms with E-state index in [4.69, 9.17) is 0 Å². The summed E-state index contributed by atoms with van der Waals surface area (Å²) >= 11 is 0. The van der Waals surface area contributed by atoms with E-state index in [9.17, 15) is 4.79 Å². The van der Waals surface area contributed by atoms with Gasteiger partial charge in [0.05, 0.1) is 28.8 Å². The molecule has 1 amide bonds. The normalized spacial score (nSPS) is 13.9. The molecule has 2 aromatic rings. The van der Waals surface area contributed by atoms with E-state index in [2.05, 4.69) is 4.98 Å². The molecule has 0 fully saturated rings. The number of anilines is 3. The molecule has 4 nitrogen and oxygen atoms in total. The molecule has 0 radical (unpaired) electrons. The first-order valence-corrected chi connectivity index (χ1v) is 6.17. The van der Waals surface area contributed by atoms with E-state index >= 15 is 0 Å². The molecule has 0 saturated heterocycles. The number of fused-ring (bicyclic) bond motifs is 2. The quantitative estimate of drug-likeness (QED) is 0.724. The first kappa shape index (κ1) is 11.7. The molecule has 3 rings (SSSR count). The molecule has 1 aliphatic heterocycles. The van der Waals surface area contributed by atoms with Crippen molar-refractivity contribution in [2.75, 3.05) is 23.9 Å². The maximum atomic E-state index is 12.5. The van der Waals surface area contributed by atoms with Gasteiger partial charge in [-0.15, -0.1) is 0 Å². The van der Waals surface area contributed by atoms with Crippen molar-refractivity contribution in [3.05, 3.63) is 47.8 Å². The Hall–Kier alpha value is -2.36. The number of pyridine rings is 1. The summed E-state index contributed by atoms with van der Waals surface area (Å²) in [5.74, 6) is -0.00754. The first-order valence-electron chi connectivity index (χ1n) is 6.17. The average Bonchev–Trinajstić information content (AvgIpc) is 2.51. The summed E-state index contributed by atoms with van der Waals surface area (Å²) in [7, 11) is 3.76. The second-order valence-electron chi connectivity index (χ2n) is 4.75. The third-order valence-corrected chi connectivity index (χ3v) is 3.52. The number of rotatable bonds is 0. The van der Waals surface area contributed by atoms with Gasteiger partial charge in [0.2, 0.25) is 0 Å². The van der Waals surface area contributed by atoms with Gasteiger partial charge in [-0.1, -0.05) is 12.1 Å². The van der Waals surface area contributed by atoms with Crippen molar-refractivity contribution in [3.63, 3.8) is 0 Å². The maximum absolute atomic E-state index is 12.5. The van der Waals surface area contributed by atoms with Crippen molar-refractivity contribution >= 4 is 23.0 Å². The van der Waals surface area contributed by atoms with Crippen molar-refractivity contribution in [1.82, 2.24) is 4.98 Å². The third kappa shape index (κ3) is 1.68. The number of aryl methyl sites for hydroxylation is 1. The number of benzene rings is 1. The van der Waals surface area contributed by atoms with Gasteiger partial charge in [0.25, 0.3) is 5.91 Å². The zero-order valence-electron chi connectivity index (χ0n) is 11.2. The molecule has 19 heavy (non-hydrogen) atoms. The van der Waals surface area contributed by atoms with Gasteiger partial charge in [0, 0.05) is 19.8 Å². The van der Waals surface area contributed by atoms with Gasteiger partial charge in [0.1, 0.15) is 0 Å². The topological polar surface area (TPSA) is 36.4 Å². The molecule has 1 aliphatic rings. The predicted octanol–water partition coefficient (Wildman–Crippen LogP) is 2.75. The standard InChI is InChI=1S/C15H15N3O/c1-10-8-13-14(9-16-10)18(3)15(19)11-6-4-5-7-12(11)17(13)2/h4-9H,1-3H3. The third-order valence-electron chi connectivity index (χ3n) is 3.52. The maximum Gasteiger partial charge on any atom is 0.260 e. The molecule has 0 N–H and O–H groups in total. The minimum atomic E-state index is -0.00754. The molecule has 2 heterocycles. The Morgan fingerprint density at radius 2 is 1.74 bits per heavy atom. The van der Waals surface area contributed by atoms with Gasteiger partial charge < -0.3 is 9.80 Å². The first-order chi connectivity index (χ1) is 9.09. The number of carbonyl (C=O) groups is 1. The highest BCUT2D eigenvalue weighted by atomic mass is 16.2. The molecular weight excluding hydrogens is 238 g/mol. The van der Waals surface area contributed by atoms with Crippen LogP contribution >= 0.6 is 0 Å². The lowest BCUT2D eigenvalue weighted by Gasteiger charge is -2.22. The molecule has 0 unspecified atom stereocenters. The number of para-hydroxylation sites is 1. The highest BCUT2D eigenvalue weighted by molar-refractivity contribution is 6.13. The van der Waals surface area contributed by atoms with Gasteiger partial charge in [-0.25, -0.2) is 0 Å². The molecule has 0 atom stereocenters. The van der Waals surface area contributed by atoms with Crippen LogP contribution in [0.25, 0.3) is 0 Å². The molecule has 96 valence electrons. The van der Waals surface area contributed by atoms with Crippen LogP contribution in [0.15, 0.2) is 36.5 Å². The SMILES string of the molecule is Cc1cc2c(cn1)N(C)C(=O)c1ccccc1N2C. The van der Waals surface area contributed by atoms with E-state index in [0.29, 0.717) is 5.56 Å². The minimum Gasteiger partial charge on any atom is -0.342 e. The Morgan fingerprint density at radius 1 is 1.00 bits per heavy atom. The summed E-state index contributed by atoms with van der Waals surface area (Å²) < 4.78 is 0. The van der Waals surface area contributed by atoms with Crippen LogP contribution in [0, 0.1) is 6.92 Å². The average molecular weight is 253 g/mol. The Morgan fingerprint density at radius 3 is 2.53 bits per heavy atom. The molecular formula is C15H15N3O. The van der Waals surface area contributed by atoms with Gasteiger partial charge >= 0.3 is 0 Å². The summed E-state index contributed by atoms with van der Waals surface area (Å²) in [5, 5.41) is 0. The van der Waals surface area contributed by atoms with Crippen molar-refractivity contribution in [1.29, 1.82) is 0 Å². The summed E-state index contributed by atoms with van der Waals surface area (Å²) in [6.45, 7) is 1.95. The van der Waals surface area contributed by atoms with Gasteiger partial charge in [-0.2, -0.15) is 0 Å². The summed E-state index contributed by atoms with van der Waals surface area (Å²) in [5.41, 5.74) is 4.39. The number of hydrogen-bond donors (Lipinski definition) is 0. The van der Waals surface area contributed by atoms with E-state index in [-0.39, 0.29) is 5.91 Å². The zero-order chi connectivity index (χ0) is 13.6. The second-order valence-corrected chi connectivity index (χ2v) is 4.75.